The normalized spacial score (nSPS) is 12.1. The first-order valence-electron chi connectivity index (χ1n) is 9.01. The van der Waals surface area contributed by atoms with Crippen LogP contribution in [0, 0.1) is 0 Å². The Morgan fingerprint density at radius 1 is 0.636 bits per heavy atom. The van der Waals surface area contributed by atoms with Crippen molar-refractivity contribution in [3.05, 3.63) is 54.9 Å². The third kappa shape index (κ3) is 5.63. The van der Waals surface area contributed by atoms with Gasteiger partial charge in [0.05, 0.1) is 11.4 Å². The van der Waals surface area contributed by atoms with Crippen LogP contribution < -0.4 is 14.8 Å². The van der Waals surface area contributed by atoms with E-state index in [-0.39, 0.29) is 28.5 Å². The minimum atomic E-state index is -4.47. The zero-order valence-corrected chi connectivity index (χ0v) is 18.2. The van der Waals surface area contributed by atoms with Gasteiger partial charge in [-0.3, -0.25) is 9.05 Å². The molecule has 0 bridgehead atoms. The fraction of sp³-hybridized carbons (Fsp3) is 0. The fourth-order valence-electron chi connectivity index (χ4n) is 2.93. The predicted octanol–water partition coefficient (Wildman–Crippen LogP) is 1.40. The molecule has 8 N–H and O–H groups in total. The summed E-state index contributed by atoms with van der Waals surface area (Å²) in [4.78, 5) is 71.7. The highest BCUT2D eigenvalue weighted by atomic mass is 31.2. The first-order chi connectivity index (χ1) is 15.5. The van der Waals surface area contributed by atoms with Crippen molar-refractivity contribution in [1.82, 2.24) is 19.9 Å². The molecule has 0 aliphatic heterocycles. The molecule has 0 spiro atoms. The summed E-state index contributed by atoms with van der Waals surface area (Å²) >= 11 is 0. The second-order valence-corrected chi connectivity index (χ2v) is 9.03. The van der Waals surface area contributed by atoms with E-state index in [0.29, 0.717) is 22.5 Å². The third-order valence-corrected chi connectivity index (χ3v) is 5.12. The maximum Gasteiger partial charge on any atom is 0.613 e. The van der Waals surface area contributed by atoms with Crippen molar-refractivity contribution in [2.24, 2.45) is 0 Å². The van der Waals surface area contributed by atoms with E-state index < -0.39 is 16.3 Å². The van der Waals surface area contributed by atoms with Gasteiger partial charge in [0.2, 0.25) is 0 Å². The quantitative estimate of drug-likeness (QED) is 0.189. The average Bonchev–Trinajstić information content (AvgIpc) is 2.72. The van der Waals surface area contributed by atoms with E-state index in [0.717, 1.165) is 0 Å². The standard InChI is InChI=1S/C18H17N5O8P2/c19-17-16-18(21-9-20-17)23-15(11-3-7-13(8-4-11)31-33(27,28)29)14(22-16)10-1-5-12(6-2-10)30-32(24,25)26/h1-9,24-29H,(H2,19,20,21,23)/q+2. The molecule has 0 aliphatic rings. The molecule has 2 heterocycles. The highest BCUT2D eigenvalue weighted by Gasteiger charge is 2.35. The SMILES string of the molecule is Nc1ncnc2nc(-c3ccc(O[P+](O)(O)O)cc3)c(-c3ccc(O[P+](O)(O)O)cc3)nc12. The molecular weight excluding hydrogens is 476 g/mol. The molecule has 4 aromatic rings. The molecule has 170 valence electrons. The van der Waals surface area contributed by atoms with Crippen molar-refractivity contribution in [1.29, 1.82) is 0 Å². The summed E-state index contributed by atoms with van der Waals surface area (Å²) in [6, 6.07) is 11.9. The van der Waals surface area contributed by atoms with Gasteiger partial charge in [-0.2, -0.15) is 29.4 Å². The van der Waals surface area contributed by atoms with E-state index in [1.165, 1.54) is 30.6 Å². The second kappa shape index (κ2) is 8.67. The lowest BCUT2D eigenvalue weighted by Gasteiger charge is -2.12. The number of aromatic nitrogens is 4. The van der Waals surface area contributed by atoms with Crippen LogP contribution in [0.3, 0.4) is 0 Å². The molecule has 0 amide bonds. The fourth-order valence-corrected chi connectivity index (χ4v) is 3.74. The second-order valence-electron chi connectivity index (χ2n) is 6.61. The number of hydrogen-bond donors (Lipinski definition) is 7. The van der Waals surface area contributed by atoms with Gasteiger partial charge in [-0.15, -0.1) is 0 Å². The summed E-state index contributed by atoms with van der Waals surface area (Å²) in [5.41, 5.74) is 8.27. The molecule has 2 aromatic heterocycles. The Labute approximate surface area is 186 Å². The molecule has 33 heavy (non-hydrogen) atoms. The Bertz CT molecular complexity index is 1290. The first kappa shape index (κ1) is 23.1. The van der Waals surface area contributed by atoms with E-state index in [9.17, 15) is 0 Å². The van der Waals surface area contributed by atoms with E-state index in [2.05, 4.69) is 29.0 Å². The maximum absolute atomic E-state index is 9.09. The Balaban J connectivity index is 1.81. The minimum Gasteiger partial charge on any atom is -0.382 e. The zero-order chi connectivity index (χ0) is 23.8. The summed E-state index contributed by atoms with van der Waals surface area (Å²) in [7, 11) is -8.93. The molecule has 0 atom stereocenters. The summed E-state index contributed by atoms with van der Waals surface area (Å²) in [6.07, 6.45) is 1.25. The lowest BCUT2D eigenvalue weighted by atomic mass is 10.0. The molecule has 0 saturated heterocycles. The van der Waals surface area contributed by atoms with Crippen LogP contribution in [0.5, 0.6) is 11.5 Å². The molecular formula is C18H17N5O8P2+2. The monoisotopic (exact) mass is 493 g/mol. The van der Waals surface area contributed by atoms with Crippen LogP contribution in [0.1, 0.15) is 0 Å². The van der Waals surface area contributed by atoms with Gasteiger partial charge in [0.15, 0.2) is 28.5 Å². The summed E-state index contributed by atoms with van der Waals surface area (Å²) in [5.74, 6) is 0.156. The summed E-state index contributed by atoms with van der Waals surface area (Å²) in [5, 5.41) is 0. The molecule has 0 radical (unpaired) electrons. The molecule has 0 unspecified atom stereocenters. The molecule has 15 heteroatoms. The van der Waals surface area contributed by atoms with Crippen molar-refractivity contribution < 1.29 is 38.4 Å². The van der Waals surface area contributed by atoms with Crippen molar-refractivity contribution in [3.8, 4) is 34.0 Å². The Kier molecular flexibility index (Phi) is 6.06. The largest absolute Gasteiger partial charge is 0.613 e. The molecule has 0 fully saturated rings. The van der Waals surface area contributed by atoms with Gasteiger partial charge in [0.1, 0.15) is 6.33 Å². The van der Waals surface area contributed by atoms with Crippen molar-refractivity contribution in [2.75, 3.05) is 5.73 Å². The third-order valence-electron chi connectivity index (χ3n) is 4.21. The van der Waals surface area contributed by atoms with E-state index in [1.807, 2.05) is 0 Å². The number of benzene rings is 2. The number of anilines is 1. The first-order valence-corrected chi connectivity index (χ1v) is 12.1. The van der Waals surface area contributed by atoms with Crippen molar-refractivity contribution in [3.63, 3.8) is 0 Å². The molecule has 13 nitrogen and oxygen atoms in total. The Hall–Kier alpha value is -3.12. The molecule has 4 rings (SSSR count). The Morgan fingerprint density at radius 3 is 1.55 bits per heavy atom. The zero-order valence-electron chi connectivity index (χ0n) is 16.5. The lowest BCUT2D eigenvalue weighted by Crippen LogP contribution is -2.02. The number of hydrogen-bond acceptors (Lipinski definition) is 13. The smallest absolute Gasteiger partial charge is 0.382 e. The van der Waals surface area contributed by atoms with Crippen LogP contribution in [0.2, 0.25) is 0 Å². The predicted molar refractivity (Wildman–Crippen MR) is 119 cm³/mol. The van der Waals surface area contributed by atoms with Crippen LogP contribution in [0.4, 0.5) is 5.82 Å². The number of nitrogen functional groups attached to an aromatic ring is 1. The van der Waals surface area contributed by atoms with Gasteiger partial charge in [0, 0.05) is 11.1 Å². The van der Waals surface area contributed by atoms with Crippen LogP contribution in [0.25, 0.3) is 33.7 Å². The summed E-state index contributed by atoms with van der Waals surface area (Å²) < 4.78 is 9.36. The molecule has 2 aromatic carbocycles. The average molecular weight is 493 g/mol. The number of rotatable bonds is 6. The van der Waals surface area contributed by atoms with Gasteiger partial charge < -0.3 is 5.73 Å². The van der Waals surface area contributed by atoms with Gasteiger partial charge in [0.25, 0.3) is 0 Å². The van der Waals surface area contributed by atoms with Crippen LogP contribution in [-0.4, -0.2) is 49.3 Å². The van der Waals surface area contributed by atoms with Gasteiger partial charge >= 0.3 is 16.3 Å². The lowest BCUT2D eigenvalue weighted by molar-refractivity contribution is 0.235. The van der Waals surface area contributed by atoms with Crippen molar-refractivity contribution in [2.45, 2.75) is 0 Å². The Morgan fingerprint density at radius 2 is 1.09 bits per heavy atom. The van der Waals surface area contributed by atoms with Crippen molar-refractivity contribution >= 4 is 33.3 Å². The van der Waals surface area contributed by atoms with Gasteiger partial charge in [-0.05, 0) is 48.5 Å². The van der Waals surface area contributed by atoms with Crippen LogP contribution in [0.15, 0.2) is 54.9 Å². The minimum absolute atomic E-state index is 0.0167. The van der Waals surface area contributed by atoms with Crippen LogP contribution in [-0.2, 0) is 0 Å². The maximum atomic E-state index is 9.09. The van der Waals surface area contributed by atoms with E-state index >= 15 is 0 Å². The van der Waals surface area contributed by atoms with Gasteiger partial charge in [-0.1, -0.05) is 0 Å². The molecule has 0 aliphatic carbocycles. The highest BCUT2D eigenvalue weighted by Crippen LogP contribution is 2.47. The topological polar surface area (TPSA) is 217 Å². The highest BCUT2D eigenvalue weighted by molar-refractivity contribution is 7.54. The molecule has 0 saturated carbocycles. The van der Waals surface area contributed by atoms with Gasteiger partial charge in [-0.25, -0.2) is 19.9 Å². The number of fused-ring (bicyclic) bond motifs is 1. The van der Waals surface area contributed by atoms with E-state index in [4.69, 9.17) is 35.1 Å². The summed E-state index contributed by atoms with van der Waals surface area (Å²) in [6.45, 7) is 0. The van der Waals surface area contributed by atoms with Crippen LogP contribution >= 0.6 is 16.3 Å². The number of nitrogens with zero attached hydrogens (tertiary/aromatic N) is 4. The van der Waals surface area contributed by atoms with E-state index in [1.54, 1.807) is 24.3 Å². The number of nitrogens with two attached hydrogens (primary N) is 1.